The highest BCUT2D eigenvalue weighted by molar-refractivity contribution is 6.30. The predicted molar refractivity (Wildman–Crippen MR) is 133 cm³/mol. The molecule has 0 radical (unpaired) electrons. The van der Waals surface area contributed by atoms with Crippen LogP contribution in [0.2, 0.25) is 0 Å². The molecule has 0 spiro atoms. The normalized spacial score (nSPS) is 30.6. The molecule has 0 aromatic heterocycles. The third-order valence-electron chi connectivity index (χ3n) is 7.82. The number of rotatable bonds is 4. The van der Waals surface area contributed by atoms with Crippen LogP contribution in [0.3, 0.4) is 0 Å². The summed E-state index contributed by atoms with van der Waals surface area (Å²) in [5.74, 6) is -3.52. The molecule has 6 atom stereocenters. The Morgan fingerprint density at radius 3 is 2.24 bits per heavy atom. The van der Waals surface area contributed by atoms with Gasteiger partial charge >= 0.3 is 0 Å². The van der Waals surface area contributed by atoms with Crippen molar-refractivity contribution in [2.75, 3.05) is 0 Å². The summed E-state index contributed by atoms with van der Waals surface area (Å²) in [6.07, 6.45) is -4.40. The molecule has 6 unspecified atom stereocenters. The zero-order valence-corrected chi connectivity index (χ0v) is 21.3. The summed E-state index contributed by atoms with van der Waals surface area (Å²) in [5, 5.41) is 44.5. The summed E-state index contributed by atoms with van der Waals surface area (Å²) in [4.78, 5) is 39.9. The molecule has 10 heteroatoms. The first-order valence-corrected chi connectivity index (χ1v) is 12.7. The molecular weight excluding hydrogens is 494 g/mol. The molecule has 10 nitrogen and oxygen atoms in total. The average Bonchev–Trinajstić information content (AvgIpc) is 2.87. The van der Waals surface area contributed by atoms with Crippen LogP contribution in [0.4, 0.5) is 0 Å². The minimum absolute atomic E-state index is 0.000964. The van der Waals surface area contributed by atoms with Gasteiger partial charge in [0, 0.05) is 53.5 Å². The third kappa shape index (κ3) is 3.95. The largest absolute Gasteiger partial charge is 0.507 e. The summed E-state index contributed by atoms with van der Waals surface area (Å²) < 4.78 is 11.9. The van der Waals surface area contributed by atoms with Crippen LogP contribution < -0.4 is 5.73 Å². The van der Waals surface area contributed by atoms with Crippen molar-refractivity contribution in [2.45, 2.75) is 76.3 Å². The number of benzene rings is 2. The van der Waals surface area contributed by atoms with Crippen LogP contribution in [-0.2, 0) is 20.7 Å². The van der Waals surface area contributed by atoms with Crippen LogP contribution >= 0.6 is 0 Å². The maximum Gasteiger partial charge on any atom is 0.198 e. The van der Waals surface area contributed by atoms with Crippen molar-refractivity contribution < 1.29 is 44.3 Å². The number of phenols is 2. The summed E-state index contributed by atoms with van der Waals surface area (Å²) in [5.41, 5.74) is 3.42. The second-order valence-corrected chi connectivity index (χ2v) is 10.8. The van der Waals surface area contributed by atoms with E-state index in [1.807, 2.05) is 0 Å². The first-order chi connectivity index (χ1) is 17.9. The summed E-state index contributed by atoms with van der Waals surface area (Å²) in [6.45, 7) is 4.87. The third-order valence-corrected chi connectivity index (χ3v) is 7.82. The van der Waals surface area contributed by atoms with Gasteiger partial charge in [0.25, 0.3) is 0 Å². The van der Waals surface area contributed by atoms with Gasteiger partial charge in [-0.25, -0.2) is 0 Å². The van der Waals surface area contributed by atoms with Gasteiger partial charge in [0.2, 0.25) is 0 Å². The standard InChI is InChI=1S/C28H31NO9/c1-11(2)27(35)28(36)9-15-19(17(10-28)38-18-8-16(29)22(30)12(3)37-18)26(34)21-20(25(15)33)23(31)13-6-4-5-7-14(13)24(21)32/h4-7,11-12,16-18,22,30,33-34,36H,8-10,29H2,1-3H3. The van der Waals surface area contributed by atoms with E-state index in [-0.39, 0.29) is 46.2 Å². The van der Waals surface area contributed by atoms with Crippen LogP contribution in [0, 0.1) is 5.92 Å². The molecule has 1 heterocycles. The minimum Gasteiger partial charge on any atom is -0.507 e. The number of Topliss-reactive ketones (excluding diaryl/α,β-unsaturated/α-hetero) is 1. The van der Waals surface area contributed by atoms with E-state index >= 15 is 0 Å². The number of aromatic hydroxyl groups is 2. The number of phenolic OH excluding ortho intramolecular Hbond substituents is 2. The van der Waals surface area contributed by atoms with E-state index in [2.05, 4.69) is 0 Å². The number of ketones is 3. The molecule has 2 aromatic carbocycles. The molecule has 1 saturated heterocycles. The zero-order valence-electron chi connectivity index (χ0n) is 21.3. The number of carbonyl (C=O) groups excluding carboxylic acids is 3. The van der Waals surface area contributed by atoms with Gasteiger partial charge < -0.3 is 35.6 Å². The van der Waals surface area contributed by atoms with Gasteiger partial charge in [0.1, 0.15) is 17.1 Å². The molecule has 6 N–H and O–H groups in total. The lowest BCUT2D eigenvalue weighted by Crippen LogP contribution is -2.53. The van der Waals surface area contributed by atoms with Crippen LogP contribution in [-0.4, -0.2) is 67.9 Å². The van der Waals surface area contributed by atoms with E-state index in [4.69, 9.17) is 15.2 Å². The van der Waals surface area contributed by atoms with Gasteiger partial charge in [0.15, 0.2) is 23.6 Å². The number of carbonyl (C=O) groups is 3. The first-order valence-electron chi connectivity index (χ1n) is 12.7. The van der Waals surface area contributed by atoms with Crippen molar-refractivity contribution in [1.82, 2.24) is 0 Å². The lowest BCUT2D eigenvalue weighted by molar-refractivity contribution is -0.247. The highest BCUT2D eigenvalue weighted by Crippen LogP contribution is 2.52. The molecule has 202 valence electrons. The fraction of sp³-hybridized carbons (Fsp3) is 0.464. The number of fused-ring (bicyclic) bond motifs is 3. The highest BCUT2D eigenvalue weighted by Gasteiger charge is 2.50. The molecule has 0 bridgehead atoms. The number of nitrogens with two attached hydrogens (primary N) is 1. The van der Waals surface area contributed by atoms with Crippen LogP contribution in [0.15, 0.2) is 24.3 Å². The van der Waals surface area contributed by atoms with E-state index in [1.54, 1.807) is 32.9 Å². The maximum atomic E-state index is 13.4. The van der Waals surface area contributed by atoms with Crippen molar-refractivity contribution in [1.29, 1.82) is 0 Å². The van der Waals surface area contributed by atoms with E-state index in [9.17, 15) is 34.8 Å². The van der Waals surface area contributed by atoms with Gasteiger partial charge in [-0.05, 0) is 6.92 Å². The molecule has 38 heavy (non-hydrogen) atoms. The summed E-state index contributed by atoms with van der Waals surface area (Å²) >= 11 is 0. The number of aliphatic hydroxyl groups excluding tert-OH is 1. The fourth-order valence-electron chi connectivity index (χ4n) is 5.88. The Bertz CT molecular complexity index is 1340. The number of aliphatic hydroxyl groups is 2. The lowest BCUT2D eigenvalue weighted by Gasteiger charge is -2.42. The quantitative estimate of drug-likeness (QED) is 0.315. The SMILES string of the molecule is CC(C)C(=O)C1(O)Cc2c(O)c3c(c(O)c2C(OC2CC(N)C(O)C(C)O2)C1)C(=O)c1ccccc1C3=O. The molecule has 2 aromatic rings. The monoisotopic (exact) mass is 525 g/mol. The Kier molecular flexibility index (Phi) is 6.44. The molecule has 5 rings (SSSR count). The van der Waals surface area contributed by atoms with Crippen molar-refractivity contribution in [3.63, 3.8) is 0 Å². The highest BCUT2D eigenvalue weighted by atomic mass is 16.7. The topological polar surface area (TPSA) is 177 Å². The van der Waals surface area contributed by atoms with E-state index in [0.29, 0.717) is 0 Å². The molecule has 1 aliphatic heterocycles. The zero-order chi connectivity index (χ0) is 27.7. The second kappa shape index (κ2) is 9.25. The second-order valence-electron chi connectivity index (χ2n) is 10.8. The Hall–Kier alpha value is -3.15. The fourth-order valence-corrected chi connectivity index (χ4v) is 5.88. The average molecular weight is 526 g/mol. The number of ether oxygens (including phenoxy) is 2. The molecule has 0 amide bonds. The van der Waals surface area contributed by atoms with Gasteiger partial charge in [-0.1, -0.05) is 38.1 Å². The Balaban J connectivity index is 1.67. The number of hydrogen-bond acceptors (Lipinski definition) is 10. The molecule has 3 aliphatic rings. The van der Waals surface area contributed by atoms with Crippen molar-refractivity contribution >= 4 is 17.3 Å². The maximum absolute atomic E-state index is 13.4. The van der Waals surface area contributed by atoms with Crippen molar-refractivity contribution in [2.24, 2.45) is 11.7 Å². The lowest BCUT2D eigenvalue weighted by atomic mass is 9.70. The van der Waals surface area contributed by atoms with E-state index < -0.39 is 77.4 Å². The van der Waals surface area contributed by atoms with Gasteiger partial charge in [-0.3, -0.25) is 14.4 Å². The molecule has 1 fully saturated rings. The predicted octanol–water partition coefficient (Wildman–Crippen LogP) is 1.66. The summed E-state index contributed by atoms with van der Waals surface area (Å²) in [6, 6.07) is 5.42. The number of hydrogen-bond donors (Lipinski definition) is 5. The van der Waals surface area contributed by atoms with Gasteiger partial charge in [0.05, 0.1) is 29.4 Å². The van der Waals surface area contributed by atoms with Crippen LogP contribution in [0.1, 0.15) is 82.7 Å². The molecular formula is C28H31NO9. The molecule has 0 saturated carbocycles. The Labute approximate surface area is 219 Å². The van der Waals surface area contributed by atoms with Crippen LogP contribution in [0.25, 0.3) is 0 Å². The van der Waals surface area contributed by atoms with Gasteiger partial charge in [-0.15, -0.1) is 0 Å². The van der Waals surface area contributed by atoms with E-state index in [0.717, 1.165) is 0 Å². The molecule has 2 aliphatic carbocycles. The Morgan fingerprint density at radius 1 is 1.11 bits per heavy atom. The van der Waals surface area contributed by atoms with Crippen molar-refractivity contribution in [3.8, 4) is 11.5 Å². The minimum atomic E-state index is -1.99. The van der Waals surface area contributed by atoms with Gasteiger partial charge in [-0.2, -0.15) is 0 Å². The van der Waals surface area contributed by atoms with Crippen LogP contribution in [0.5, 0.6) is 11.5 Å². The summed E-state index contributed by atoms with van der Waals surface area (Å²) in [7, 11) is 0. The van der Waals surface area contributed by atoms with Crippen molar-refractivity contribution in [3.05, 3.63) is 57.6 Å². The van der Waals surface area contributed by atoms with E-state index in [1.165, 1.54) is 12.1 Å². The first kappa shape index (κ1) is 26.5. The Morgan fingerprint density at radius 2 is 1.68 bits per heavy atom. The smallest absolute Gasteiger partial charge is 0.198 e.